The Morgan fingerprint density at radius 2 is 2.26 bits per heavy atom. The van der Waals surface area contributed by atoms with Crippen LogP contribution in [0.1, 0.15) is 19.8 Å². The summed E-state index contributed by atoms with van der Waals surface area (Å²) in [5, 5.41) is 2.75. The van der Waals surface area contributed by atoms with Gasteiger partial charge >= 0.3 is 6.09 Å². The number of likely N-dealkylation sites (tertiary alicyclic amines) is 1. The minimum atomic E-state index is -0.647. The molecule has 110 valence electrons. The average molecular weight is 273 g/mol. The van der Waals surface area contributed by atoms with Crippen LogP contribution in [0.4, 0.5) is 4.79 Å². The molecule has 3 N–H and O–H groups in total. The van der Waals surface area contributed by atoms with Gasteiger partial charge in [0.25, 0.3) is 0 Å². The molecule has 0 aromatic carbocycles. The molecule has 2 amide bonds. The number of alkyl carbamates (subject to hydrolysis) is 1. The zero-order valence-electron chi connectivity index (χ0n) is 11.6. The number of hydrogen-bond acceptors (Lipinski definition) is 5. The highest BCUT2D eigenvalue weighted by Gasteiger charge is 2.27. The van der Waals surface area contributed by atoms with Crippen LogP contribution in [-0.2, 0) is 14.3 Å². The van der Waals surface area contributed by atoms with Crippen LogP contribution in [0, 0.1) is 0 Å². The van der Waals surface area contributed by atoms with E-state index in [0.29, 0.717) is 19.7 Å². The molecule has 7 heteroatoms. The predicted octanol–water partition coefficient (Wildman–Crippen LogP) is -0.303. The molecule has 2 unspecified atom stereocenters. The molecule has 1 rings (SSSR count). The molecule has 0 aromatic rings. The monoisotopic (exact) mass is 273 g/mol. The first-order chi connectivity index (χ1) is 9.08. The number of nitrogens with two attached hydrogens (primary N) is 1. The molecule has 0 spiro atoms. The number of amides is 2. The molecule has 0 bridgehead atoms. The number of rotatable bonds is 5. The van der Waals surface area contributed by atoms with E-state index in [2.05, 4.69) is 5.32 Å². The topological polar surface area (TPSA) is 93.9 Å². The molecule has 1 aliphatic heterocycles. The van der Waals surface area contributed by atoms with Crippen molar-refractivity contribution >= 4 is 12.0 Å². The van der Waals surface area contributed by atoms with Crippen LogP contribution in [0.3, 0.4) is 0 Å². The largest absolute Gasteiger partial charge is 0.450 e. The van der Waals surface area contributed by atoms with Crippen LogP contribution in [-0.4, -0.2) is 62.4 Å². The fourth-order valence-electron chi connectivity index (χ4n) is 2.12. The highest BCUT2D eigenvalue weighted by molar-refractivity contribution is 5.82. The first kappa shape index (κ1) is 15.7. The Kier molecular flexibility index (Phi) is 6.58. The Hall–Kier alpha value is -1.34. The van der Waals surface area contributed by atoms with Crippen molar-refractivity contribution in [2.45, 2.75) is 31.8 Å². The molecule has 1 heterocycles. The van der Waals surface area contributed by atoms with Gasteiger partial charge < -0.3 is 25.4 Å². The molecule has 2 atom stereocenters. The van der Waals surface area contributed by atoms with Gasteiger partial charge in [-0.05, 0) is 19.8 Å². The van der Waals surface area contributed by atoms with E-state index in [9.17, 15) is 9.59 Å². The Bertz CT molecular complexity index is 311. The van der Waals surface area contributed by atoms with Gasteiger partial charge in [0.1, 0.15) is 6.04 Å². The Balaban J connectivity index is 2.45. The van der Waals surface area contributed by atoms with Crippen LogP contribution in [0.5, 0.6) is 0 Å². The Morgan fingerprint density at radius 1 is 1.53 bits per heavy atom. The molecule has 0 aliphatic carbocycles. The zero-order chi connectivity index (χ0) is 14.3. The fraction of sp³-hybridized carbons (Fsp3) is 0.833. The summed E-state index contributed by atoms with van der Waals surface area (Å²) in [7, 11) is 1.51. The minimum absolute atomic E-state index is 0.0773. The first-order valence-corrected chi connectivity index (χ1v) is 6.55. The summed E-state index contributed by atoms with van der Waals surface area (Å²) in [5.41, 5.74) is 5.72. The van der Waals surface area contributed by atoms with E-state index in [-0.39, 0.29) is 18.6 Å². The minimum Gasteiger partial charge on any atom is -0.450 e. The standard InChI is InChI=1S/C12H23N3O4/c1-3-19-12(17)14-9-5-4-6-15(7-9)11(16)10(13)8-18-2/h9-10H,3-8,13H2,1-2H3,(H,14,17). The summed E-state index contributed by atoms with van der Waals surface area (Å²) >= 11 is 0. The van der Waals surface area contributed by atoms with Crippen molar-refractivity contribution in [1.29, 1.82) is 0 Å². The number of methoxy groups -OCH3 is 1. The molecular weight excluding hydrogens is 250 g/mol. The van der Waals surface area contributed by atoms with Gasteiger partial charge in [-0.2, -0.15) is 0 Å². The van der Waals surface area contributed by atoms with Gasteiger partial charge in [-0.15, -0.1) is 0 Å². The van der Waals surface area contributed by atoms with Gasteiger partial charge in [0, 0.05) is 26.2 Å². The highest BCUT2D eigenvalue weighted by Crippen LogP contribution is 2.11. The molecule has 0 saturated carbocycles. The number of ether oxygens (including phenoxy) is 2. The number of piperidine rings is 1. The van der Waals surface area contributed by atoms with E-state index in [1.807, 2.05) is 0 Å². The van der Waals surface area contributed by atoms with E-state index >= 15 is 0 Å². The molecule has 7 nitrogen and oxygen atoms in total. The van der Waals surface area contributed by atoms with E-state index in [4.69, 9.17) is 15.2 Å². The van der Waals surface area contributed by atoms with Crippen molar-refractivity contribution < 1.29 is 19.1 Å². The van der Waals surface area contributed by atoms with Crippen LogP contribution in [0.25, 0.3) is 0 Å². The lowest BCUT2D eigenvalue weighted by atomic mass is 10.1. The summed E-state index contributed by atoms with van der Waals surface area (Å²) in [6, 6.07) is -0.724. The van der Waals surface area contributed by atoms with Crippen molar-refractivity contribution in [2.75, 3.05) is 33.4 Å². The van der Waals surface area contributed by atoms with E-state index in [1.165, 1.54) is 7.11 Å². The van der Waals surface area contributed by atoms with Crippen molar-refractivity contribution in [1.82, 2.24) is 10.2 Å². The maximum atomic E-state index is 12.0. The smallest absolute Gasteiger partial charge is 0.407 e. The molecule has 0 radical (unpaired) electrons. The third-order valence-electron chi connectivity index (χ3n) is 2.99. The van der Waals surface area contributed by atoms with E-state index < -0.39 is 12.1 Å². The van der Waals surface area contributed by atoms with Gasteiger partial charge in [0.15, 0.2) is 0 Å². The second-order valence-electron chi connectivity index (χ2n) is 4.55. The lowest BCUT2D eigenvalue weighted by Gasteiger charge is -2.34. The van der Waals surface area contributed by atoms with Crippen molar-refractivity contribution in [3.63, 3.8) is 0 Å². The van der Waals surface area contributed by atoms with Gasteiger partial charge in [-0.1, -0.05) is 0 Å². The second kappa shape index (κ2) is 7.96. The summed E-state index contributed by atoms with van der Waals surface area (Å²) in [4.78, 5) is 25.0. The SMILES string of the molecule is CCOC(=O)NC1CCCN(C(=O)C(N)COC)C1. The molecule has 1 saturated heterocycles. The number of nitrogens with zero attached hydrogens (tertiary/aromatic N) is 1. The van der Waals surface area contributed by atoms with Crippen molar-refractivity contribution in [3.8, 4) is 0 Å². The van der Waals surface area contributed by atoms with Crippen molar-refractivity contribution in [3.05, 3.63) is 0 Å². The summed E-state index contributed by atoms with van der Waals surface area (Å²) in [6.45, 7) is 3.41. The van der Waals surface area contributed by atoms with Gasteiger partial charge in [0.05, 0.1) is 13.2 Å². The van der Waals surface area contributed by atoms with Crippen LogP contribution in [0.2, 0.25) is 0 Å². The Morgan fingerprint density at radius 3 is 2.89 bits per heavy atom. The maximum Gasteiger partial charge on any atom is 0.407 e. The van der Waals surface area contributed by atoms with Crippen LogP contribution < -0.4 is 11.1 Å². The molecule has 0 aromatic heterocycles. The quantitative estimate of drug-likeness (QED) is 0.717. The number of carbonyl (C=O) groups excluding carboxylic acids is 2. The number of nitrogens with one attached hydrogen (secondary N) is 1. The third kappa shape index (κ3) is 5.04. The number of hydrogen-bond donors (Lipinski definition) is 2. The van der Waals surface area contributed by atoms with Crippen molar-refractivity contribution in [2.24, 2.45) is 5.73 Å². The summed E-state index contributed by atoms with van der Waals surface area (Å²) < 4.78 is 9.70. The molecular formula is C12H23N3O4. The number of carbonyl (C=O) groups is 2. The molecule has 1 fully saturated rings. The second-order valence-corrected chi connectivity index (χ2v) is 4.55. The first-order valence-electron chi connectivity index (χ1n) is 6.55. The lowest BCUT2D eigenvalue weighted by Crippen LogP contribution is -2.54. The summed E-state index contributed by atoms with van der Waals surface area (Å²) in [5.74, 6) is -0.141. The summed E-state index contributed by atoms with van der Waals surface area (Å²) in [6.07, 6.45) is 1.23. The lowest BCUT2D eigenvalue weighted by molar-refractivity contribution is -0.135. The Labute approximate surface area is 113 Å². The molecule has 19 heavy (non-hydrogen) atoms. The maximum absolute atomic E-state index is 12.0. The van der Waals surface area contributed by atoms with Crippen LogP contribution >= 0.6 is 0 Å². The third-order valence-corrected chi connectivity index (χ3v) is 2.99. The zero-order valence-corrected chi connectivity index (χ0v) is 11.6. The normalized spacial score (nSPS) is 20.8. The van der Waals surface area contributed by atoms with Crippen LogP contribution in [0.15, 0.2) is 0 Å². The van der Waals surface area contributed by atoms with Gasteiger partial charge in [0.2, 0.25) is 5.91 Å². The van der Waals surface area contributed by atoms with E-state index in [0.717, 1.165) is 12.8 Å². The van der Waals surface area contributed by atoms with Gasteiger partial charge in [-0.3, -0.25) is 4.79 Å². The molecule has 1 aliphatic rings. The fourth-order valence-corrected chi connectivity index (χ4v) is 2.12. The van der Waals surface area contributed by atoms with Gasteiger partial charge in [-0.25, -0.2) is 4.79 Å². The van der Waals surface area contributed by atoms with E-state index in [1.54, 1.807) is 11.8 Å². The average Bonchev–Trinajstić information content (AvgIpc) is 2.38. The predicted molar refractivity (Wildman–Crippen MR) is 69.6 cm³/mol. The highest BCUT2D eigenvalue weighted by atomic mass is 16.5.